The van der Waals surface area contributed by atoms with Crippen LogP contribution in [0.4, 0.5) is 4.39 Å². The van der Waals surface area contributed by atoms with Crippen molar-refractivity contribution in [2.45, 2.75) is 44.9 Å². The highest BCUT2D eigenvalue weighted by Gasteiger charge is 2.46. The van der Waals surface area contributed by atoms with Gasteiger partial charge in [-0.3, -0.25) is 9.69 Å². The van der Waals surface area contributed by atoms with Crippen molar-refractivity contribution in [2.75, 3.05) is 13.1 Å². The summed E-state index contributed by atoms with van der Waals surface area (Å²) in [5, 5.41) is 22.3. The Bertz CT molecular complexity index is 1220. The lowest BCUT2D eigenvalue weighted by Crippen LogP contribution is -2.46. The molecule has 3 aliphatic rings. The molecule has 2 N–H and O–H groups in total. The number of esters is 1. The molecule has 2 aliphatic heterocycles. The first-order valence-electron chi connectivity index (χ1n) is 12.7. The summed E-state index contributed by atoms with van der Waals surface area (Å²) in [6.07, 6.45) is 6.34. The maximum atomic E-state index is 13.1. The highest BCUT2D eigenvalue weighted by Crippen LogP contribution is 2.44. The van der Waals surface area contributed by atoms with E-state index in [1.165, 1.54) is 23.8 Å². The van der Waals surface area contributed by atoms with Gasteiger partial charge in [-0.05, 0) is 84.7 Å². The summed E-state index contributed by atoms with van der Waals surface area (Å²) in [7, 11) is 0. The third-order valence-corrected chi connectivity index (χ3v) is 7.48. The molecule has 196 valence electrons. The number of hydrogen-bond acceptors (Lipinski definition) is 5. The molecule has 5 nitrogen and oxygen atoms in total. The van der Waals surface area contributed by atoms with Gasteiger partial charge in [0.1, 0.15) is 11.6 Å². The van der Waals surface area contributed by atoms with Crippen molar-refractivity contribution in [1.29, 1.82) is 0 Å². The predicted molar refractivity (Wildman–Crippen MR) is 142 cm³/mol. The van der Waals surface area contributed by atoms with Gasteiger partial charge >= 0.3 is 5.97 Å². The van der Waals surface area contributed by atoms with Gasteiger partial charge in [0.15, 0.2) is 0 Å². The zero-order valence-electron chi connectivity index (χ0n) is 20.9. The number of ether oxygens (including phenoxy) is 1. The molecule has 2 unspecified atom stereocenters. The zero-order valence-corrected chi connectivity index (χ0v) is 21.7. The minimum absolute atomic E-state index is 0. The second-order valence-electron chi connectivity index (χ2n) is 10.2. The molecule has 0 saturated carbocycles. The van der Waals surface area contributed by atoms with E-state index in [-0.39, 0.29) is 35.9 Å². The summed E-state index contributed by atoms with van der Waals surface area (Å²) in [6.45, 7) is 3.98. The average molecular weight is 526 g/mol. The molecule has 0 amide bonds. The molecule has 5 rings (SSSR count). The standard InChI is InChI=1S/C30H32FNO4.ClH/c1-20(6-5-9-21-10-12-24(31)13-11-21)23-16-27-28(30(34,35)17-23)26-19-32(15-14-25(26)29(33)36-27)18-22-7-3-2-4-8-22;/h2-4,7-8,10-13,16-17,20,25,34-35H,5-6,9,14-15,18-19H2,1H3;1H. The van der Waals surface area contributed by atoms with Crippen LogP contribution in [-0.2, 0) is 22.5 Å². The largest absolute Gasteiger partial charge is 0.426 e. The number of carbonyl (C=O) groups is 1. The normalized spacial score (nSPS) is 21.6. The number of piperidine rings is 1. The third-order valence-electron chi connectivity index (χ3n) is 7.48. The molecule has 0 aromatic heterocycles. The Hall–Kier alpha value is -2.77. The SMILES string of the molecule is CC(CCCc1ccc(F)cc1)C1=CC(O)(O)C2=C3CN(Cc4ccccc4)CCC3C(=O)OC2=C1.Cl. The van der Waals surface area contributed by atoms with Gasteiger partial charge in [-0.1, -0.05) is 49.4 Å². The van der Waals surface area contributed by atoms with Crippen LogP contribution in [0.25, 0.3) is 0 Å². The molecule has 2 atom stereocenters. The summed E-state index contributed by atoms with van der Waals surface area (Å²) in [5.41, 5.74) is 4.03. The first-order valence-corrected chi connectivity index (χ1v) is 12.7. The van der Waals surface area contributed by atoms with Crippen molar-refractivity contribution in [3.8, 4) is 0 Å². The molecule has 1 saturated heterocycles. The van der Waals surface area contributed by atoms with E-state index >= 15 is 0 Å². The van der Waals surface area contributed by atoms with Crippen molar-refractivity contribution in [2.24, 2.45) is 11.8 Å². The molecule has 0 bridgehead atoms. The number of benzene rings is 2. The molecule has 7 heteroatoms. The van der Waals surface area contributed by atoms with Crippen molar-refractivity contribution in [1.82, 2.24) is 4.90 Å². The van der Waals surface area contributed by atoms with Crippen LogP contribution >= 0.6 is 12.4 Å². The van der Waals surface area contributed by atoms with Crippen LogP contribution in [0.1, 0.15) is 37.3 Å². The van der Waals surface area contributed by atoms with Crippen LogP contribution < -0.4 is 0 Å². The van der Waals surface area contributed by atoms with Crippen LogP contribution in [0.2, 0.25) is 0 Å². The summed E-state index contributed by atoms with van der Waals surface area (Å²) in [5.74, 6) is -2.94. The summed E-state index contributed by atoms with van der Waals surface area (Å²) >= 11 is 0. The Labute approximate surface area is 223 Å². The minimum atomic E-state index is -2.20. The number of hydrogen-bond donors (Lipinski definition) is 2. The summed E-state index contributed by atoms with van der Waals surface area (Å²) in [4.78, 5) is 15.1. The second-order valence-corrected chi connectivity index (χ2v) is 10.2. The van der Waals surface area contributed by atoms with Gasteiger partial charge in [-0.25, -0.2) is 4.39 Å². The van der Waals surface area contributed by atoms with Gasteiger partial charge in [-0.15, -0.1) is 12.4 Å². The lowest BCUT2D eigenvalue weighted by Gasteiger charge is -2.41. The molecule has 0 spiro atoms. The van der Waals surface area contributed by atoms with E-state index in [2.05, 4.69) is 17.0 Å². The van der Waals surface area contributed by atoms with E-state index in [0.717, 1.165) is 49.1 Å². The monoisotopic (exact) mass is 525 g/mol. The number of nitrogens with zero attached hydrogens (tertiary/aromatic N) is 1. The van der Waals surface area contributed by atoms with Crippen molar-refractivity contribution >= 4 is 18.4 Å². The Balaban J connectivity index is 0.00000320. The maximum Gasteiger partial charge on any atom is 0.318 e. The second kappa shape index (κ2) is 11.3. The van der Waals surface area contributed by atoms with Crippen LogP contribution in [0.3, 0.4) is 0 Å². The Morgan fingerprint density at radius 2 is 1.84 bits per heavy atom. The molecule has 1 fully saturated rings. The number of likely N-dealkylation sites (tertiary alicyclic amines) is 1. The van der Waals surface area contributed by atoms with Crippen molar-refractivity contribution in [3.05, 3.63) is 106 Å². The number of aliphatic hydroxyl groups is 2. The Morgan fingerprint density at radius 3 is 2.57 bits per heavy atom. The lowest BCUT2D eigenvalue weighted by molar-refractivity contribution is -0.147. The minimum Gasteiger partial charge on any atom is -0.426 e. The highest BCUT2D eigenvalue weighted by molar-refractivity contribution is 5.85. The van der Waals surface area contributed by atoms with E-state index < -0.39 is 11.7 Å². The quantitative estimate of drug-likeness (QED) is 0.389. The van der Waals surface area contributed by atoms with Crippen molar-refractivity contribution in [3.63, 3.8) is 0 Å². The summed E-state index contributed by atoms with van der Waals surface area (Å²) < 4.78 is 18.8. The van der Waals surface area contributed by atoms with Gasteiger partial charge in [0.25, 0.3) is 0 Å². The topological polar surface area (TPSA) is 70.0 Å². The smallest absolute Gasteiger partial charge is 0.318 e. The van der Waals surface area contributed by atoms with Gasteiger partial charge in [-0.2, -0.15) is 0 Å². The molecular weight excluding hydrogens is 493 g/mol. The number of aryl methyl sites for hydroxylation is 1. The fourth-order valence-corrected chi connectivity index (χ4v) is 5.53. The predicted octanol–water partition coefficient (Wildman–Crippen LogP) is 5.09. The molecular formula is C30H33ClFNO4. The highest BCUT2D eigenvalue weighted by atomic mass is 35.5. The number of fused-ring (bicyclic) bond motifs is 2. The van der Waals surface area contributed by atoms with Gasteiger partial charge in [0.2, 0.25) is 5.79 Å². The van der Waals surface area contributed by atoms with Gasteiger partial charge in [0, 0.05) is 13.1 Å². The van der Waals surface area contributed by atoms with E-state index in [4.69, 9.17) is 4.74 Å². The number of carbonyl (C=O) groups excluding carboxylic acids is 1. The van der Waals surface area contributed by atoms with E-state index in [1.807, 2.05) is 25.1 Å². The molecule has 2 heterocycles. The Kier molecular flexibility index (Phi) is 8.34. The maximum absolute atomic E-state index is 13.1. The summed E-state index contributed by atoms with van der Waals surface area (Å²) in [6, 6.07) is 16.6. The van der Waals surface area contributed by atoms with Gasteiger partial charge in [0.05, 0.1) is 11.5 Å². The van der Waals surface area contributed by atoms with Crippen LogP contribution in [0, 0.1) is 17.7 Å². The molecule has 0 radical (unpaired) electrons. The van der Waals surface area contributed by atoms with Crippen molar-refractivity contribution < 1.29 is 24.1 Å². The van der Waals surface area contributed by atoms with E-state index in [0.29, 0.717) is 18.5 Å². The number of allylic oxidation sites excluding steroid dienone is 2. The Morgan fingerprint density at radius 1 is 1.11 bits per heavy atom. The van der Waals surface area contributed by atoms with Crippen LogP contribution in [-0.4, -0.2) is 40.0 Å². The zero-order chi connectivity index (χ0) is 25.3. The third kappa shape index (κ3) is 6.04. The average Bonchev–Trinajstić information content (AvgIpc) is 2.85. The molecule has 2 aromatic rings. The lowest BCUT2D eigenvalue weighted by atomic mass is 9.78. The molecule has 37 heavy (non-hydrogen) atoms. The number of rotatable bonds is 7. The van der Waals surface area contributed by atoms with E-state index in [9.17, 15) is 19.4 Å². The van der Waals surface area contributed by atoms with E-state index in [1.54, 1.807) is 18.2 Å². The number of halogens is 2. The van der Waals surface area contributed by atoms with Gasteiger partial charge < -0.3 is 14.9 Å². The first kappa shape index (κ1) is 27.3. The fraction of sp³-hybridized carbons (Fsp3) is 0.367. The fourth-order valence-electron chi connectivity index (χ4n) is 5.53. The van der Waals surface area contributed by atoms with Crippen LogP contribution in [0.15, 0.2) is 89.2 Å². The first-order chi connectivity index (χ1) is 17.3. The molecule has 2 aromatic carbocycles. The van der Waals surface area contributed by atoms with Crippen LogP contribution in [0.5, 0.6) is 0 Å². The molecule has 1 aliphatic carbocycles.